The fraction of sp³-hybridized carbons (Fsp3) is 0.462. The first kappa shape index (κ1) is 12.8. The Labute approximate surface area is 104 Å². The smallest absolute Gasteiger partial charge is 0.264 e. The molecule has 5 heteroatoms. The number of alkyl halides is 2. The summed E-state index contributed by atoms with van der Waals surface area (Å²) in [5.74, 6) is 0.555. The molecular weight excluding hydrogens is 242 g/mol. The Bertz CT molecular complexity index is 446. The number of carbonyl (C=O) groups excluding carboxylic acids is 1. The minimum absolute atomic E-state index is 0.0893. The molecule has 0 bridgehead atoms. The molecule has 18 heavy (non-hydrogen) atoms. The maximum Gasteiger partial charge on any atom is 0.264 e. The van der Waals surface area contributed by atoms with Gasteiger partial charge >= 0.3 is 0 Å². The summed E-state index contributed by atoms with van der Waals surface area (Å²) < 4.78 is 36.7. The largest absolute Gasteiger partial charge is 0.486 e. The Balaban J connectivity index is 2.45. The molecule has 0 saturated carbocycles. The molecule has 1 aliphatic heterocycles. The molecule has 2 rings (SSSR count). The number of halogens is 2. The van der Waals surface area contributed by atoms with Gasteiger partial charge in [-0.25, -0.2) is 8.78 Å². The van der Waals surface area contributed by atoms with E-state index in [1.165, 1.54) is 6.07 Å². The molecule has 0 aromatic heterocycles. The van der Waals surface area contributed by atoms with Crippen molar-refractivity contribution >= 4 is 6.29 Å². The summed E-state index contributed by atoms with van der Waals surface area (Å²) >= 11 is 0. The SMILES string of the molecule is CC(CC=O)c1cc2c(cc1C(F)F)OCCO2. The van der Waals surface area contributed by atoms with Crippen LogP contribution in [0.5, 0.6) is 11.5 Å². The molecule has 1 unspecified atom stereocenters. The summed E-state index contributed by atoms with van der Waals surface area (Å²) in [5, 5.41) is 0. The molecule has 0 N–H and O–H groups in total. The van der Waals surface area contributed by atoms with Gasteiger partial charge in [-0.1, -0.05) is 6.92 Å². The first-order chi connectivity index (χ1) is 8.63. The normalized spacial score (nSPS) is 15.6. The summed E-state index contributed by atoms with van der Waals surface area (Å²) in [6, 6.07) is 2.87. The fourth-order valence-corrected chi connectivity index (χ4v) is 2.01. The molecule has 0 fully saturated rings. The highest BCUT2D eigenvalue weighted by atomic mass is 19.3. The van der Waals surface area contributed by atoms with Crippen molar-refractivity contribution in [2.75, 3.05) is 13.2 Å². The lowest BCUT2D eigenvalue weighted by Crippen LogP contribution is -2.16. The molecule has 1 atom stereocenters. The predicted octanol–water partition coefficient (Wildman–Crippen LogP) is 3.09. The van der Waals surface area contributed by atoms with E-state index in [1.807, 2.05) is 0 Å². The molecule has 0 radical (unpaired) electrons. The van der Waals surface area contributed by atoms with Crippen LogP contribution in [0.1, 0.15) is 36.8 Å². The van der Waals surface area contributed by atoms with Gasteiger partial charge in [-0.3, -0.25) is 0 Å². The monoisotopic (exact) mass is 256 g/mol. The summed E-state index contributed by atoms with van der Waals surface area (Å²) in [4.78, 5) is 10.5. The van der Waals surface area contributed by atoms with E-state index in [1.54, 1.807) is 13.0 Å². The highest BCUT2D eigenvalue weighted by molar-refractivity contribution is 5.55. The molecule has 1 aromatic carbocycles. The van der Waals surface area contributed by atoms with E-state index in [-0.39, 0.29) is 17.9 Å². The van der Waals surface area contributed by atoms with Crippen LogP contribution in [-0.4, -0.2) is 19.5 Å². The van der Waals surface area contributed by atoms with Crippen LogP contribution in [0, 0.1) is 0 Å². The first-order valence-corrected chi connectivity index (χ1v) is 5.78. The molecular formula is C13H14F2O3. The number of hydrogen-bond acceptors (Lipinski definition) is 3. The highest BCUT2D eigenvalue weighted by Crippen LogP contribution is 2.40. The van der Waals surface area contributed by atoms with E-state index in [2.05, 4.69) is 0 Å². The molecule has 0 spiro atoms. The van der Waals surface area contributed by atoms with E-state index < -0.39 is 6.43 Å². The average Bonchev–Trinajstić information content (AvgIpc) is 2.37. The number of rotatable bonds is 4. The predicted molar refractivity (Wildman–Crippen MR) is 61.5 cm³/mol. The van der Waals surface area contributed by atoms with E-state index in [0.29, 0.717) is 30.3 Å². The molecule has 1 heterocycles. The number of hydrogen-bond donors (Lipinski definition) is 0. The van der Waals surface area contributed by atoms with Crippen LogP contribution in [-0.2, 0) is 4.79 Å². The second-order valence-corrected chi connectivity index (χ2v) is 4.23. The van der Waals surface area contributed by atoms with Crippen LogP contribution in [0.2, 0.25) is 0 Å². The van der Waals surface area contributed by atoms with Gasteiger partial charge in [-0.2, -0.15) is 0 Å². The molecule has 1 aromatic rings. The van der Waals surface area contributed by atoms with Crippen LogP contribution >= 0.6 is 0 Å². The molecule has 3 nitrogen and oxygen atoms in total. The summed E-state index contributed by atoms with van der Waals surface area (Å²) in [6.45, 7) is 2.51. The second-order valence-electron chi connectivity index (χ2n) is 4.23. The Kier molecular flexibility index (Phi) is 3.79. The van der Waals surface area contributed by atoms with E-state index in [9.17, 15) is 13.6 Å². The highest BCUT2D eigenvalue weighted by Gasteiger charge is 2.23. The zero-order valence-electron chi connectivity index (χ0n) is 9.99. The van der Waals surface area contributed by atoms with Crippen LogP contribution in [0.15, 0.2) is 12.1 Å². The van der Waals surface area contributed by atoms with Gasteiger partial charge in [0.15, 0.2) is 11.5 Å². The van der Waals surface area contributed by atoms with Crippen LogP contribution < -0.4 is 9.47 Å². The van der Waals surface area contributed by atoms with Gasteiger partial charge in [0.2, 0.25) is 0 Å². The minimum Gasteiger partial charge on any atom is -0.486 e. The maximum absolute atomic E-state index is 13.0. The number of ether oxygens (including phenoxy) is 2. The standard InChI is InChI=1S/C13H14F2O3/c1-8(2-3-16)9-6-11-12(18-5-4-17-11)7-10(9)13(14)15/h3,6-8,13H,2,4-5H2,1H3. The van der Waals surface area contributed by atoms with Gasteiger partial charge < -0.3 is 14.3 Å². The Morgan fingerprint density at radius 2 is 1.78 bits per heavy atom. The Morgan fingerprint density at radius 1 is 1.22 bits per heavy atom. The molecule has 0 amide bonds. The van der Waals surface area contributed by atoms with Gasteiger partial charge in [0.1, 0.15) is 19.5 Å². The molecule has 1 aliphatic rings. The van der Waals surface area contributed by atoms with Crippen molar-refractivity contribution in [1.29, 1.82) is 0 Å². The Morgan fingerprint density at radius 3 is 2.28 bits per heavy atom. The van der Waals surface area contributed by atoms with E-state index in [4.69, 9.17) is 9.47 Å². The molecule has 98 valence electrons. The number of carbonyl (C=O) groups is 1. The third kappa shape index (κ3) is 2.44. The first-order valence-electron chi connectivity index (χ1n) is 5.78. The van der Waals surface area contributed by atoms with Gasteiger partial charge in [-0.15, -0.1) is 0 Å². The van der Waals surface area contributed by atoms with Crippen molar-refractivity contribution in [3.63, 3.8) is 0 Å². The zero-order chi connectivity index (χ0) is 13.1. The minimum atomic E-state index is -2.59. The number of fused-ring (bicyclic) bond motifs is 1. The van der Waals surface area contributed by atoms with Gasteiger partial charge in [-0.05, 0) is 23.6 Å². The zero-order valence-corrected chi connectivity index (χ0v) is 9.99. The van der Waals surface area contributed by atoms with E-state index in [0.717, 1.165) is 6.29 Å². The number of aldehydes is 1. The van der Waals surface area contributed by atoms with E-state index >= 15 is 0 Å². The fourth-order valence-electron chi connectivity index (χ4n) is 2.01. The van der Waals surface area contributed by atoms with Crippen molar-refractivity contribution in [2.24, 2.45) is 0 Å². The topological polar surface area (TPSA) is 35.5 Å². The molecule has 0 saturated heterocycles. The van der Waals surface area contributed by atoms with Gasteiger partial charge in [0, 0.05) is 12.0 Å². The van der Waals surface area contributed by atoms with Crippen LogP contribution in [0.3, 0.4) is 0 Å². The van der Waals surface area contributed by atoms with Crippen LogP contribution in [0.25, 0.3) is 0 Å². The lowest BCUT2D eigenvalue weighted by atomic mass is 9.93. The molecule has 0 aliphatic carbocycles. The quantitative estimate of drug-likeness (QED) is 0.776. The summed E-state index contributed by atoms with van der Waals surface area (Å²) in [7, 11) is 0. The van der Waals surface area contributed by atoms with Gasteiger partial charge in [0.05, 0.1) is 0 Å². The van der Waals surface area contributed by atoms with Crippen molar-refractivity contribution in [1.82, 2.24) is 0 Å². The maximum atomic E-state index is 13.0. The number of benzene rings is 1. The summed E-state index contributed by atoms with van der Waals surface area (Å²) in [5.41, 5.74) is 0.356. The third-order valence-corrected chi connectivity index (χ3v) is 2.96. The summed E-state index contributed by atoms with van der Waals surface area (Å²) in [6.07, 6.45) is -1.65. The van der Waals surface area contributed by atoms with Gasteiger partial charge in [0.25, 0.3) is 6.43 Å². The van der Waals surface area contributed by atoms with Crippen molar-refractivity contribution in [3.8, 4) is 11.5 Å². The lowest BCUT2D eigenvalue weighted by molar-refractivity contribution is -0.108. The van der Waals surface area contributed by atoms with Crippen LogP contribution in [0.4, 0.5) is 8.78 Å². The van der Waals surface area contributed by atoms with Crippen molar-refractivity contribution in [2.45, 2.75) is 25.7 Å². The average molecular weight is 256 g/mol. The second kappa shape index (κ2) is 5.33. The lowest BCUT2D eigenvalue weighted by Gasteiger charge is -2.22. The van der Waals surface area contributed by atoms with Crippen molar-refractivity contribution < 1.29 is 23.0 Å². The van der Waals surface area contributed by atoms with Crippen molar-refractivity contribution in [3.05, 3.63) is 23.3 Å². The third-order valence-electron chi connectivity index (χ3n) is 2.96. The Hall–Kier alpha value is -1.65.